The summed E-state index contributed by atoms with van der Waals surface area (Å²) in [5, 5.41) is 10.1. The third-order valence-corrected chi connectivity index (χ3v) is 4.78. The summed E-state index contributed by atoms with van der Waals surface area (Å²) >= 11 is 0. The van der Waals surface area contributed by atoms with Crippen molar-refractivity contribution in [2.45, 2.75) is 44.6 Å². The van der Waals surface area contributed by atoms with E-state index >= 15 is 0 Å². The zero-order valence-corrected chi connectivity index (χ0v) is 7.79. The van der Waals surface area contributed by atoms with Crippen LogP contribution in [0.1, 0.15) is 39.0 Å². The first-order valence-electron chi connectivity index (χ1n) is 5.41. The minimum Gasteiger partial charge on any atom is -0.390 e. The van der Waals surface area contributed by atoms with Crippen LogP contribution in [-0.2, 0) is 0 Å². The molecule has 0 radical (unpaired) electrons. The van der Waals surface area contributed by atoms with Gasteiger partial charge in [0.15, 0.2) is 0 Å². The number of hydrogen-bond donors (Lipinski definition) is 1. The second-order valence-electron chi connectivity index (χ2n) is 5.42. The minimum atomic E-state index is -0.295. The Hall–Kier alpha value is -0.0400. The standard InChI is InChI=1S/C11H18O/c1-11(12)6-7-5-10(11)9-4-2-3-8(7)9/h7-10,12H,2-6H2,1H3/t7-,8-,9-,10+,11+/m1/s1. The minimum absolute atomic E-state index is 0.295. The molecule has 0 heterocycles. The number of fused-ring (bicyclic) bond motifs is 5. The van der Waals surface area contributed by atoms with Crippen molar-refractivity contribution in [3.8, 4) is 0 Å². The zero-order chi connectivity index (χ0) is 8.34. The number of rotatable bonds is 0. The molecule has 1 N–H and O–H groups in total. The summed E-state index contributed by atoms with van der Waals surface area (Å²) in [7, 11) is 0. The summed E-state index contributed by atoms with van der Waals surface area (Å²) in [5.74, 6) is 3.46. The lowest BCUT2D eigenvalue weighted by atomic mass is 9.74. The van der Waals surface area contributed by atoms with Crippen molar-refractivity contribution >= 4 is 0 Å². The van der Waals surface area contributed by atoms with E-state index in [9.17, 15) is 5.11 Å². The Morgan fingerprint density at radius 1 is 1.25 bits per heavy atom. The fourth-order valence-corrected chi connectivity index (χ4v) is 4.41. The monoisotopic (exact) mass is 166 g/mol. The van der Waals surface area contributed by atoms with Crippen LogP contribution < -0.4 is 0 Å². The van der Waals surface area contributed by atoms with Gasteiger partial charge in [-0.15, -0.1) is 0 Å². The topological polar surface area (TPSA) is 20.2 Å². The van der Waals surface area contributed by atoms with Gasteiger partial charge in [0.25, 0.3) is 0 Å². The highest BCUT2D eigenvalue weighted by Gasteiger charge is 2.58. The van der Waals surface area contributed by atoms with E-state index in [1.807, 2.05) is 0 Å². The molecule has 3 aliphatic carbocycles. The molecule has 68 valence electrons. The summed E-state index contributed by atoms with van der Waals surface area (Å²) in [6.45, 7) is 2.06. The van der Waals surface area contributed by atoms with Crippen LogP contribution in [-0.4, -0.2) is 10.7 Å². The predicted molar refractivity (Wildman–Crippen MR) is 47.7 cm³/mol. The molecule has 0 aromatic rings. The fourth-order valence-electron chi connectivity index (χ4n) is 4.41. The van der Waals surface area contributed by atoms with E-state index in [1.54, 1.807) is 0 Å². The molecule has 0 aromatic heterocycles. The quantitative estimate of drug-likeness (QED) is 0.585. The van der Waals surface area contributed by atoms with E-state index in [-0.39, 0.29) is 5.60 Å². The molecule has 1 heteroatoms. The average Bonchev–Trinajstić information content (AvgIpc) is 2.53. The van der Waals surface area contributed by atoms with E-state index in [1.165, 1.54) is 25.7 Å². The first-order chi connectivity index (χ1) is 5.68. The van der Waals surface area contributed by atoms with Crippen LogP contribution in [0.4, 0.5) is 0 Å². The largest absolute Gasteiger partial charge is 0.390 e. The van der Waals surface area contributed by atoms with E-state index in [4.69, 9.17) is 0 Å². The molecule has 0 spiro atoms. The molecule has 0 saturated heterocycles. The molecule has 3 fully saturated rings. The molecule has 5 atom stereocenters. The zero-order valence-electron chi connectivity index (χ0n) is 7.79. The van der Waals surface area contributed by atoms with Gasteiger partial charge in [-0.25, -0.2) is 0 Å². The molecule has 3 saturated carbocycles. The van der Waals surface area contributed by atoms with E-state index < -0.39 is 0 Å². The molecule has 0 aliphatic heterocycles. The van der Waals surface area contributed by atoms with Crippen molar-refractivity contribution in [2.75, 3.05) is 0 Å². The van der Waals surface area contributed by atoms with Crippen molar-refractivity contribution in [1.82, 2.24) is 0 Å². The summed E-state index contributed by atoms with van der Waals surface area (Å²) in [6, 6.07) is 0. The average molecular weight is 166 g/mol. The number of hydrogen-bond acceptors (Lipinski definition) is 1. The van der Waals surface area contributed by atoms with Gasteiger partial charge in [-0.3, -0.25) is 0 Å². The van der Waals surface area contributed by atoms with E-state index in [0.717, 1.165) is 24.2 Å². The molecular formula is C11H18O. The fraction of sp³-hybridized carbons (Fsp3) is 1.00. The Morgan fingerprint density at radius 3 is 2.83 bits per heavy atom. The second-order valence-corrected chi connectivity index (χ2v) is 5.42. The van der Waals surface area contributed by atoms with Gasteiger partial charge in [0.1, 0.15) is 0 Å². The molecule has 3 aliphatic rings. The van der Waals surface area contributed by atoms with Crippen molar-refractivity contribution in [3.63, 3.8) is 0 Å². The Bertz CT molecular complexity index is 209. The molecule has 3 rings (SSSR count). The molecule has 0 amide bonds. The van der Waals surface area contributed by atoms with Gasteiger partial charge in [-0.2, -0.15) is 0 Å². The van der Waals surface area contributed by atoms with Crippen LogP contribution >= 0.6 is 0 Å². The molecular weight excluding hydrogens is 148 g/mol. The van der Waals surface area contributed by atoms with Gasteiger partial charge >= 0.3 is 0 Å². The molecule has 2 bridgehead atoms. The Kier molecular flexibility index (Phi) is 1.27. The van der Waals surface area contributed by atoms with Crippen LogP contribution in [0.2, 0.25) is 0 Å². The van der Waals surface area contributed by atoms with Crippen LogP contribution in [0.3, 0.4) is 0 Å². The maximum absolute atomic E-state index is 10.1. The summed E-state index contributed by atoms with van der Waals surface area (Å²) in [5.41, 5.74) is -0.295. The second kappa shape index (κ2) is 2.06. The Labute approximate surface area is 74.2 Å². The van der Waals surface area contributed by atoms with Crippen molar-refractivity contribution < 1.29 is 5.11 Å². The predicted octanol–water partition coefficient (Wildman–Crippen LogP) is 2.19. The normalized spacial score (nSPS) is 62.5. The Morgan fingerprint density at radius 2 is 2.00 bits per heavy atom. The SMILES string of the molecule is C[C@]1(O)C[C@H]2C[C@H]1[C@@H]1CCC[C@H]21. The van der Waals surface area contributed by atoms with Crippen LogP contribution in [0.15, 0.2) is 0 Å². The van der Waals surface area contributed by atoms with Gasteiger partial charge in [-0.1, -0.05) is 6.42 Å². The van der Waals surface area contributed by atoms with Crippen LogP contribution in [0.25, 0.3) is 0 Å². The third kappa shape index (κ3) is 0.736. The van der Waals surface area contributed by atoms with Crippen molar-refractivity contribution in [1.29, 1.82) is 0 Å². The maximum Gasteiger partial charge on any atom is 0.0653 e. The molecule has 0 aromatic carbocycles. The van der Waals surface area contributed by atoms with Crippen molar-refractivity contribution in [2.24, 2.45) is 23.7 Å². The lowest BCUT2D eigenvalue weighted by molar-refractivity contribution is -0.0295. The maximum atomic E-state index is 10.1. The summed E-state index contributed by atoms with van der Waals surface area (Å²) in [4.78, 5) is 0. The summed E-state index contributed by atoms with van der Waals surface area (Å²) in [6.07, 6.45) is 6.73. The summed E-state index contributed by atoms with van der Waals surface area (Å²) < 4.78 is 0. The smallest absolute Gasteiger partial charge is 0.0653 e. The van der Waals surface area contributed by atoms with Gasteiger partial charge < -0.3 is 5.11 Å². The first-order valence-corrected chi connectivity index (χ1v) is 5.41. The van der Waals surface area contributed by atoms with Crippen molar-refractivity contribution in [3.05, 3.63) is 0 Å². The van der Waals surface area contributed by atoms with Gasteiger partial charge in [-0.05, 0) is 56.3 Å². The molecule has 1 nitrogen and oxygen atoms in total. The Balaban J connectivity index is 1.93. The number of aliphatic hydroxyl groups is 1. The molecule has 0 unspecified atom stereocenters. The first kappa shape index (κ1) is 7.37. The molecule has 12 heavy (non-hydrogen) atoms. The van der Waals surface area contributed by atoms with Gasteiger partial charge in [0.05, 0.1) is 5.60 Å². The highest BCUT2D eigenvalue weighted by molar-refractivity contribution is 5.08. The highest BCUT2D eigenvalue weighted by Crippen LogP contribution is 2.62. The van der Waals surface area contributed by atoms with E-state index in [0.29, 0.717) is 5.92 Å². The van der Waals surface area contributed by atoms with Crippen LogP contribution in [0, 0.1) is 23.7 Å². The lowest BCUT2D eigenvalue weighted by Crippen LogP contribution is -2.38. The highest BCUT2D eigenvalue weighted by atomic mass is 16.3. The lowest BCUT2D eigenvalue weighted by Gasteiger charge is -2.36. The van der Waals surface area contributed by atoms with E-state index in [2.05, 4.69) is 6.92 Å². The third-order valence-electron chi connectivity index (χ3n) is 4.78. The van der Waals surface area contributed by atoms with Gasteiger partial charge in [0.2, 0.25) is 0 Å². The van der Waals surface area contributed by atoms with Gasteiger partial charge in [0, 0.05) is 0 Å². The van der Waals surface area contributed by atoms with Crippen LogP contribution in [0.5, 0.6) is 0 Å².